The second-order valence-electron chi connectivity index (χ2n) is 6.97. The summed E-state index contributed by atoms with van der Waals surface area (Å²) in [6, 6.07) is 0.549. The van der Waals surface area contributed by atoms with Crippen LogP contribution in [0.2, 0.25) is 0 Å². The second kappa shape index (κ2) is 9.38. The van der Waals surface area contributed by atoms with Gasteiger partial charge >= 0.3 is 0 Å². The fraction of sp³-hybridized carbons (Fsp3) is 0.889. The molecule has 0 spiro atoms. The molecule has 0 aromatic carbocycles. The molecule has 2 aliphatic rings. The Labute approximate surface area is 146 Å². The van der Waals surface area contributed by atoms with Crippen LogP contribution in [-0.4, -0.2) is 54.1 Å². The largest absolute Gasteiger partial charge is 0.367 e. The predicted octanol–water partition coefficient (Wildman–Crippen LogP) is 3.10. The summed E-state index contributed by atoms with van der Waals surface area (Å²) >= 11 is 6.48. The van der Waals surface area contributed by atoms with Crippen LogP contribution in [-0.2, 0) is 4.74 Å². The molecule has 0 aliphatic carbocycles. The minimum atomic E-state index is -0.715. The zero-order valence-corrected chi connectivity index (χ0v) is 15.6. The third kappa shape index (κ3) is 4.93. The van der Waals surface area contributed by atoms with Crippen LogP contribution in [0.25, 0.3) is 0 Å². The van der Waals surface area contributed by atoms with Gasteiger partial charge in [-0.05, 0) is 44.1 Å². The molecule has 4 nitrogen and oxygen atoms in total. The summed E-state index contributed by atoms with van der Waals surface area (Å²) in [5.74, 6) is 0.481. The van der Waals surface area contributed by atoms with Crippen molar-refractivity contribution in [2.45, 2.75) is 76.2 Å². The topological polar surface area (TPSA) is 44.7 Å². The summed E-state index contributed by atoms with van der Waals surface area (Å²) in [6.07, 6.45) is 8.21. The van der Waals surface area contributed by atoms with E-state index in [4.69, 9.17) is 16.3 Å². The third-order valence-corrected chi connectivity index (χ3v) is 5.80. The van der Waals surface area contributed by atoms with Crippen molar-refractivity contribution in [2.24, 2.45) is 5.92 Å². The summed E-state index contributed by atoms with van der Waals surface area (Å²) in [5, 5.41) is 13.7. The average molecular weight is 345 g/mol. The first-order valence-corrected chi connectivity index (χ1v) is 9.56. The van der Waals surface area contributed by atoms with Gasteiger partial charge in [-0.2, -0.15) is 0 Å². The standard InChI is InChI=1S/C18H33ClN2O2/c1-4-5-8-16(18(22)23-3)21-12-14(10-9-13(21)2)15-7-6-11-20-17(15)19/h7,13-14,16-18,20,22H,4-6,8-12H2,1-3H3. The highest BCUT2D eigenvalue weighted by Crippen LogP contribution is 2.34. The fourth-order valence-electron chi connectivity index (χ4n) is 3.95. The first kappa shape index (κ1) is 19.2. The van der Waals surface area contributed by atoms with E-state index in [0.29, 0.717) is 12.0 Å². The number of nitrogens with one attached hydrogen (secondary N) is 1. The number of aliphatic hydroxyl groups is 1. The molecule has 1 fully saturated rings. The van der Waals surface area contributed by atoms with E-state index in [1.165, 1.54) is 12.0 Å². The van der Waals surface area contributed by atoms with Crippen molar-refractivity contribution in [2.75, 3.05) is 20.2 Å². The maximum absolute atomic E-state index is 10.3. The smallest absolute Gasteiger partial charge is 0.169 e. The van der Waals surface area contributed by atoms with Crippen LogP contribution in [0.4, 0.5) is 0 Å². The Bertz CT molecular complexity index is 391. The number of aliphatic hydroxyl groups excluding tert-OH is 1. The molecule has 2 rings (SSSR count). The number of hydrogen-bond donors (Lipinski definition) is 2. The van der Waals surface area contributed by atoms with E-state index in [-0.39, 0.29) is 11.5 Å². The number of nitrogens with zero attached hydrogens (tertiary/aromatic N) is 1. The van der Waals surface area contributed by atoms with Crippen molar-refractivity contribution in [3.8, 4) is 0 Å². The van der Waals surface area contributed by atoms with Gasteiger partial charge in [0, 0.05) is 26.2 Å². The SMILES string of the molecule is CCCCC(C(O)OC)N1CC(C2=CCCNC2Cl)CCC1C. The van der Waals surface area contributed by atoms with Crippen molar-refractivity contribution in [3.63, 3.8) is 0 Å². The van der Waals surface area contributed by atoms with Crippen LogP contribution in [0.5, 0.6) is 0 Å². The Balaban J connectivity index is 2.10. The molecule has 2 N–H and O–H groups in total. The number of unbranched alkanes of at least 4 members (excludes halogenated alkanes) is 1. The van der Waals surface area contributed by atoms with Crippen molar-refractivity contribution >= 4 is 11.6 Å². The first-order chi connectivity index (χ1) is 11.1. The van der Waals surface area contributed by atoms with E-state index < -0.39 is 6.29 Å². The van der Waals surface area contributed by atoms with E-state index in [9.17, 15) is 5.11 Å². The maximum atomic E-state index is 10.3. The minimum Gasteiger partial charge on any atom is -0.367 e. The first-order valence-electron chi connectivity index (χ1n) is 9.12. The minimum absolute atomic E-state index is 0.0366. The number of alkyl halides is 1. The molecule has 134 valence electrons. The summed E-state index contributed by atoms with van der Waals surface area (Å²) in [4.78, 5) is 2.46. The lowest BCUT2D eigenvalue weighted by Gasteiger charge is -2.45. The lowest BCUT2D eigenvalue weighted by molar-refractivity contribution is -0.139. The van der Waals surface area contributed by atoms with Gasteiger partial charge in [-0.3, -0.25) is 10.2 Å². The summed E-state index contributed by atoms with van der Waals surface area (Å²) < 4.78 is 5.27. The van der Waals surface area contributed by atoms with Gasteiger partial charge < -0.3 is 9.84 Å². The molecule has 23 heavy (non-hydrogen) atoms. The molecule has 5 atom stereocenters. The van der Waals surface area contributed by atoms with Gasteiger partial charge in [0.1, 0.15) is 5.50 Å². The zero-order valence-electron chi connectivity index (χ0n) is 14.8. The average Bonchev–Trinajstić information content (AvgIpc) is 2.57. The predicted molar refractivity (Wildman–Crippen MR) is 95.6 cm³/mol. The van der Waals surface area contributed by atoms with Gasteiger partial charge in [-0.25, -0.2) is 0 Å². The monoisotopic (exact) mass is 344 g/mol. The van der Waals surface area contributed by atoms with E-state index in [1.54, 1.807) is 7.11 Å². The van der Waals surface area contributed by atoms with E-state index in [2.05, 4.69) is 30.1 Å². The lowest BCUT2D eigenvalue weighted by Crippen LogP contribution is -2.54. The Morgan fingerprint density at radius 3 is 2.91 bits per heavy atom. The molecular formula is C18H33ClN2O2. The van der Waals surface area contributed by atoms with E-state index in [0.717, 1.165) is 45.2 Å². The van der Waals surface area contributed by atoms with Crippen LogP contribution in [0.3, 0.4) is 0 Å². The summed E-state index contributed by atoms with van der Waals surface area (Å²) in [7, 11) is 1.60. The van der Waals surface area contributed by atoms with Crippen LogP contribution in [0.15, 0.2) is 11.6 Å². The van der Waals surface area contributed by atoms with Crippen LogP contribution >= 0.6 is 11.6 Å². The highest BCUT2D eigenvalue weighted by atomic mass is 35.5. The van der Waals surface area contributed by atoms with Crippen LogP contribution in [0, 0.1) is 5.92 Å². The summed E-state index contributed by atoms with van der Waals surface area (Å²) in [6.45, 7) is 6.39. The quantitative estimate of drug-likeness (QED) is 0.322. The number of methoxy groups -OCH3 is 1. The molecule has 5 heteroatoms. The highest BCUT2D eigenvalue weighted by molar-refractivity contribution is 6.22. The number of hydrogen-bond acceptors (Lipinski definition) is 4. The Kier molecular flexibility index (Phi) is 7.83. The summed E-state index contributed by atoms with van der Waals surface area (Å²) in [5.41, 5.74) is 1.31. The molecule has 2 aliphatic heterocycles. The van der Waals surface area contributed by atoms with Crippen molar-refractivity contribution < 1.29 is 9.84 Å². The molecule has 0 radical (unpaired) electrons. The molecular weight excluding hydrogens is 312 g/mol. The third-order valence-electron chi connectivity index (χ3n) is 5.39. The van der Waals surface area contributed by atoms with Crippen molar-refractivity contribution in [1.82, 2.24) is 10.2 Å². The molecule has 5 unspecified atom stereocenters. The highest BCUT2D eigenvalue weighted by Gasteiger charge is 2.36. The number of piperidine rings is 1. The van der Waals surface area contributed by atoms with Crippen LogP contribution < -0.4 is 5.32 Å². The molecule has 0 saturated carbocycles. The Morgan fingerprint density at radius 2 is 2.26 bits per heavy atom. The molecule has 0 aromatic heterocycles. The Hall–Kier alpha value is -0.130. The van der Waals surface area contributed by atoms with Crippen molar-refractivity contribution in [3.05, 3.63) is 11.6 Å². The molecule has 0 amide bonds. The van der Waals surface area contributed by atoms with Gasteiger partial charge in [-0.1, -0.05) is 25.8 Å². The lowest BCUT2D eigenvalue weighted by atomic mass is 9.84. The van der Waals surface area contributed by atoms with Gasteiger partial charge in [0.15, 0.2) is 6.29 Å². The molecule has 1 saturated heterocycles. The molecule has 0 aromatic rings. The number of ether oxygens (including phenoxy) is 1. The van der Waals surface area contributed by atoms with E-state index in [1.807, 2.05) is 0 Å². The van der Waals surface area contributed by atoms with Crippen LogP contribution in [0.1, 0.15) is 52.4 Å². The molecule has 0 bridgehead atoms. The number of rotatable bonds is 7. The number of halogens is 1. The van der Waals surface area contributed by atoms with Crippen molar-refractivity contribution in [1.29, 1.82) is 0 Å². The fourth-order valence-corrected chi connectivity index (χ4v) is 4.33. The van der Waals surface area contributed by atoms with E-state index >= 15 is 0 Å². The van der Waals surface area contributed by atoms with Gasteiger partial charge in [-0.15, -0.1) is 11.6 Å². The second-order valence-corrected chi connectivity index (χ2v) is 7.40. The molecule has 2 heterocycles. The zero-order chi connectivity index (χ0) is 16.8. The maximum Gasteiger partial charge on any atom is 0.169 e. The van der Waals surface area contributed by atoms with Gasteiger partial charge in [0.05, 0.1) is 6.04 Å². The number of likely N-dealkylation sites (tertiary alicyclic amines) is 1. The van der Waals surface area contributed by atoms with Gasteiger partial charge in [0.2, 0.25) is 0 Å². The van der Waals surface area contributed by atoms with Gasteiger partial charge in [0.25, 0.3) is 0 Å². The normalized spacial score (nSPS) is 32.4. The Morgan fingerprint density at radius 1 is 1.48 bits per heavy atom.